The van der Waals surface area contributed by atoms with E-state index in [1.807, 2.05) is 23.3 Å². The largest absolute Gasteiger partial charge is 0.348 e. The first-order valence-electron chi connectivity index (χ1n) is 7.97. The predicted octanol–water partition coefficient (Wildman–Crippen LogP) is 2.76. The molecule has 1 aromatic carbocycles. The number of hydrogen-bond acceptors (Lipinski definition) is 5. The Bertz CT molecular complexity index is 895. The van der Waals surface area contributed by atoms with Gasteiger partial charge in [0.15, 0.2) is 0 Å². The molecule has 8 heteroatoms. The molecule has 0 amide bonds. The lowest BCUT2D eigenvalue weighted by Crippen LogP contribution is -2.34. The number of aromatic amines is 1. The molecule has 4 rings (SSSR count). The monoisotopic (exact) mass is 356 g/mol. The van der Waals surface area contributed by atoms with E-state index in [2.05, 4.69) is 25.3 Å². The highest BCUT2D eigenvalue weighted by Gasteiger charge is 2.13. The number of H-pyrrole nitrogens is 1. The molecule has 0 spiro atoms. The molecule has 1 atom stereocenters. The first kappa shape index (κ1) is 15.9. The van der Waals surface area contributed by atoms with Gasteiger partial charge in [-0.15, -0.1) is 11.3 Å². The van der Waals surface area contributed by atoms with E-state index in [-0.39, 0.29) is 11.9 Å². The molecule has 128 valence electrons. The van der Waals surface area contributed by atoms with E-state index < -0.39 is 0 Å². The van der Waals surface area contributed by atoms with Crippen LogP contribution in [0.4, 0.5) is 4.39 Å². The van der Waals surface area contributed by atoms with E-state index >= 15 is 0 Å². The van der Waals surface area contributed by atoms with Crippen LogP contribution in [0.15, 0.2) is 49.4 Å². The fraction of sp³-hybridized carbons (Fsp3) is 0.235. The van der Waals surface area contributed by atoms with E-state index in [4.69, 9.17) is 0 Å². The van der Waals surface area contributed by atoms with E-state index in [0.29, 0.717) is 6.54 Å². The summed E-state index contributed by atoms with van der Waals surface area (Å²) in [7, 11) is 0. The SMILES string of the molecule is Fc1ccc2nc(CNC(Cc3cnc[nH]3)Cn3ccnc3)sc2c1. The fourth-order valence-corrected chi connectivity index (χ4v) is 3.71. The summed E-state index contributed by atoms with van der Waals surface area (Å²) in [6, 6.07) is 4.89. The van der Waals surface area contributed by atoms with Crippen LogP contribution < -0.4 is 5.32 Å². The third-order valence-electron chi connectivity index (χ3n) is 3.95. The Morgan fingerprint density at radius 1 is 1.32 bits per heavy atom. The second kappa shape index (κ2) is 7.12. The number of thiazole rings is 1. The number of benzene rings is 1. The maximum Gasteiger partial charge on any atom is 0.124 e. The van der Waals surface area contributed by atoms with Crippen LogP contribution in [0.5, 0.6) is 0 Å². The van der Waals surface area contributed by atoms with Gasteiger partial charge < -0.3 is 14.9 Å². The van der Waals surface area contributed by atoms with Crippen molar-refractivity contribution in [2.45, 2.75) is 25.6 Å². The van der Waals surface area contributed by atoms with Gasteiger partial charge in [0.25, 0.3) is 0 Å². The van der Waals surface area contributed by atoms with Crippen molar-refractivity contribution in [3.05, 3.63) is 66.0 Å². The molecule has 0 bridgehead atoms. The van der Waals surface area contributed by atoms with Gasteiger partial charge in [-0.2, -0.15) is 0 Å². The zero-order valence-corrected chi connectivity index (χ0v) is 14.2. The van der Waals surface area contributed by atoms with Crippen LogP contribution in [0.3, 0.4) is 0 Å². The van der Waals surface area contributed by atoms with Gasteiger partial charge in [0, 0.05) is 49.8 Å². The standard InChI is InChI=1S/C17H17FN6S/c18-12-1-2-15-16(5-12)25-17(23-15)8-21-14(6-13-7-20-10-22-13)9-24-4-3-19-11-24/h1-5,7,10-11,14,21H,6,8-9H2,(H,20,22). The highest BCUT2D eigenvalue weighted by Crippen LogP contribution is 2.23. The van der Waals surface area contributed by atoms with Crippen molar-refractivity contribution in [3.8, 4) is 0 Å². The Labute approximate surface area is 147 Å². The molecule has 4 aromatic rings. The Morgan fingerprint density at radius 2 is 2.28 bits per heavy atom. The number of nitrogens with one attached hydrogen (secondary N) is 2. The molecular weight excluding hydrogens is 339 g/mol. The number of nitrogens with zero attached hydrogens (tertiary/aromatic N) is 4. The average molecular weight is 356 g/mol. The van der Waals surface area contributed by atoms with Crippen molar-refractivity contribution in [3.63, 3.8) is 0 Å². The van der Waals surface area contributed by atoms with Crippen LogP contribution in [0.25, 0.3) is 10.2 Å². The van der Waals surface area contributed by atoms with Gasteiger partial charge in [-0.3, -0.25) is 0 Å². The Balaban J connectivity index is 1.46. The minimum Gasteiger partial charge on any atom is -0.348 e. The molecule has 1 unspecified atom stereocenters. The van der Waals surface area contributed by atoms with E-state index in [0.717, 1.165) is 33.9 Å². The lowest BCUT2D eigenvalue weighted by atomic mass is 10.1. The average Bonchev–Trinajstić information content (AvgIpc) is 3.34. The minimum absolute atomic E-state index is 0.193. The second-order valence-corrected chi connectivity index (χ2v) is 6.95. The molecule has 2 N–H and O–H groups in total. The summed E-state index contributed by atoms with van der Waals surface area (Å²) in [6.45, 7) is 1.42. The number of imidazole rings is 2. The quantitative estimate of drug-likeness (QED) is 0.534. The third kappa shape index (κ3) is 3.92. The molecule has 0 radical (unpaired) electrons. The molecule has 6 nitrogen and oxygen atoms in total. The van der Waals surface area contributed by atoms with Crippen LogP contribution in [-0.2, 0) is 19.5 Å². The first-order valence-corrected chi connectivity index (χ1v) is 8.79. The molecule has 0 fully saturated rings. The molecule has 0 saturated heterocycles. The van der Waals surface area contributed by atoms with Gasteiger partial charge in [-0.25, -0.2) is 19.3 Å². The molecule has 25 heavy (non-hydrogen) atoms. The Hall–Kier alpha value is -2.58. The summed E-state index contributed by atoms with van der Waals surface area (Å²) in [6.07, 6.45) is 9.87. The maximum absolute atomic E-state index is 13.3. The fourth-order valence-electron chi connectivity index (χ4n) is 2.77. The number of rotatable bonds is 7. The summed E-state index contributed by atoms with van der Waals surface area (Å²) >= 11 is 1.52. The van der Waals surface area contributed by atoms with Crippen molar-refractivity contribution in [2.24, 2.45) is 0 Å². The molecule has 0 aliphatic rings. The normalized spacial score (nSPS) is 12.7. The molecule has 3 aromatic heterocycles. The third-order valence-corrected chi connectivity index (χ3v) is 4.97. The smallest absolute Gasteiger partial charge is 0.124 e. The summed E-state index contributed by atoms with van der Waals surface area (Å²) in [5, 5.41) is 4.49. The van der Waals surface area contributed by atoms with E-state index in [1.54, 1.807) is 18.6 Å². The van der Waals surface area contributed by atoms with Crippen molar-refractivity contribution in [2.75, 3.05) is 0 Å². The number of aromatic nitrogens is 5. The lowest BCUT2D eigenvalue weighted by molar-refractivity contribution is 0.440. The van der Waals surface area contributed by atoms with Crippen LogP contribution in [0.1, 0.15) is 10.7 Å². The van der Waals surface area contributed by atoms with Crippen LogP contribution >= 0.6 is 11.3 Å². The summed E-state index contributed by atoms with van der Waals surface area (Å²) in [4.78, 5) is 15.9. The van der Waals surface area contributed by atoms with Crippen LogP contribution in [0.2, 0.25) is 0 Å². The highest BCUT2D eigenvalue weighted by atomic mass is 32.1. The van der Waals surface area contributed by atoms with E-state index in [1.165, 1.54) is 23.5 Å². The zero-order chi connectivity index (χ0) is 17.1. The maximum atomic E-state index is 13.3. The number of hydrogen-bond donors (Lipinski definition) is 2. The van der Waals surface area contributed by atoms with Gasteiger partial charge in [0.1, 0.15) is 10.8 Å². The number of halogens is 1. The van der Waals surface area contributed by atoms with Crippen LogP contribution in [0, 0.1) is 5.82 Å². The van der Waals surface area contributed by atoms with Gasteiger partial charge >= 0.3 is 0 Å². The molecular formula is C17H17FN6S. The summed E-state index contributed by atoms with van der Waals surface area (Å²) in [5.74, 6) is -0.229. The Morgan fingerprint density at radius 3 is 3.08 bits per heavy atom. The highest BCUT2D eigenvalue weighted by molar-refractivity contribution is 7.18. The molecule has 0 aliphatic heterocycles. The first-order chi connectivity index (χ1) is 12.3. The lowest BCUT2D eigenvalue weighted by Gasteiger charge is -2.18. The van der Waals surface area contributed by atoms with Gasteiger partial charge in [0.05, 0.1) is 22.9 Å². The minimum atomic E-state index is -0.229. The van der Waals surface area contributed by atoms with Crippen molar-refractivity contribution in [1.82, 2.24) is 29.8 Å². The van der Waals surface area contributed by atoms with Crippen molar-refractivity contribution >= 4 is 21.6 Å². The number of fused-ring (bicyclic) bond motifs is 1. The topological polar surface area (TPSA) is 71.4 Å². The van der Waals surface area contributed by atoms with Gasteiger partial charge in [0.2, 0.25) is 0 Å². The Kier molecular flexibility index (Phi) is 4.53. The second-order valence-electron chi connectivity index (χ2n) is 5.84. The van der Waals surface area contributed by atoms with Crippen molar-refractivity contribution in [1.29, 1.82) is 0 Å². The summed E-state index contributed by atoms with van der Waals surface area (Å²) in [5.41, 5.74) is 1.91. The molecule has 0 saturated carbocycles. The molecule has 3 heterocycles. The predicted molar refractivity (Wildman–Crippen MR) is 94.7 cm³/mol. The van der Waals surface area contributed by atoms with Gasteiger partial charge in [-0.1, -0.05) is 0 Å². The van der Waals surface area contributed by atoms with Gasteiger partial charge in [-0.05, 0) is 18.2 Å². The summed E-state index contributed by atoms with van der Waals surface area (Å²) < 4.78 is 16.2. The zero-order valence-electron chi connectivity index (χ0n) is 13.4. The van der Waals surface area contributed by atoms with Crippen molar-refractivity contribution < 1.29 is 4.39 Å². The molecule has 0 aliphatic carbocycles. The van der Waals surface area contributed by atoms with Crippen LogP contribution in [-0.4, -0.2) is 30.5 Å². The van der Waals surface area contributed by atoms with E-state index in [9.17, 15) is 4.39 Å².